The van der Waals surface area contributed by atoms with E-state index in [4.69, 9.17) is 0 Å². The van der Waals surface area contributed by atoms with Crippen molar-refractivity contribution in [2.24, 2.45) is 40.4 Å². The Morgan fingerprint density at radius 2 is 1.81 bits per heavy atom. The number of aliphatic hydroxyl groups is 1. The number of alkyl halides is 3. The smallest absolute Gasteiger partial charge is 0.380 e. The number of hydrogen-bond acceptors (Lipinski definition) is 4. The van der Waals surface area contributed by atoms with Crippen molar-refractivity contribution in [3.63, 3.8) is 0 Å². The van der Waals surface area contributed by atoms with Crippen LogP contribution >= 0.6 is 0 Å². The van der Waals surface area contributed by atoms with Crippen molar-refractivity contribution in [2.45, 2.75) is 90.0 Å². The van der Waals surface area contributed by atoms with Gasteiger partial charge in [-0.05, 0) is 92.3 Å². The summed E-state index contributed by atoms with van der Waals surface area (Å²) in [7, 11) is 0. The molecule has 4 aliphatic rings. The molecule has 0 spiro atoms. The van der Waals surface area contributed by atoms with Crippen LogP contribution in [0.5, 0.6) is 0 Å². The number of carbonyl (C=O) groups excluding carboxylic acids is 1. The topological polar surface area (TPSA) is 68.0 Å². The minimum absolute atomic E-state index is 0.0184. The van der Waals surface area contributed by atoms with Crippen molar-refractivity contribution < 1.29 is 23.1 Å². The molecule has 2 unspecified atom stereocenters. The third-order valence-electron chi connectivity index (χ3n) is 10.4. The molecule has 0 radical (unpaired) electrons. The monoisotopic (exact) mass is 453 g/mol. The number of fused-ring (bicyclic) bond motifs is 5. The molecule has 1 N–H and O–H groups in total. The minimum Gasteiger partial charge on any atom is -0.380 e. The molecule has 5 nitrogen and oxygen atoms in total. The van der Waals surface area contributed by atoms with Gasteiger partial charge in [-0.15, -0.1) is 5.10 Å². The first-order valence-electron chi connectivity index (χ1n) is 12.1. The number of nitrogens with zero attached hydrogens (tertiary/aromatic N) is 3. The highest BCUT2D eigenvalue weighted by Crippen LogP contribution is 2.68. The lowest BCUT2D eigenvalue weighted by atomic mass is 9.43. The van der Waals surface area contributed by atoms with Crippen LogP contribution in [0.1, 0.15) is 71.6 Å². The fraction of sp³-hybridized carbons (Fsp3) is 0.875. The predicted molar refractivity (Wildman–Crippen MR) is 111 cm³/mol. The molecule has 8 heteroatoms. The van der Waals surface area contributed by atoms with E-state index >= 15 is 0 Å². The average molecular weight is 454 g/mol. The van der Waals surface area contributed by atoms with Gasteiger partial charge >= 0.3 is 6.18 Å². The summed E-state index contributed by atoms with van der Waals surface area (Å²) >= 11 is 0. The minimum atomic E-state index is -4.56. The summed E-state index contributed by atoms with van der Waals surface area (Å²) in [4.78, 5) is 13.2. The zero-order chi connectivity index (χ0) is 22.9. The molecule has 1 heterocycles. The molecule has 4 fully saturated rings. The van der Waals surface area contributed by atoms with Crippen molar-refractivity contribution in [3.8, 4) is 0 Å². The van der Waals surface area contributed by atoms with Crippen molar-refractivity contribution in [3.05, 3.63) is 12.4 Å². The fourth-order valence-electron chi connectivity index (χ4n) is 8.62. The maximum atomic E-state index is 13.5. The second-order valence-electron chi connectivity index (χ2n) is 11.6. The van der Waals surface area contributed by atoms with Crippen LogP contribution in [0.3, 0.4) is 0 Å². The van der Waals surface area contributed by atoms with E-state index in [0.29, 0.717) is 24.2 Å². The number of hydrogen-bond donors (Lipinski definition) is 1. The largest absolute Gasteiger partial charge is 0.417 e. The summed E-state index contributed by atoms with van der Waals surface area (Å²) in [5.74, 6) is 1.47. The molecule has 0 aromatic carbocycles. The number of carbonyl (C=O) groups is 1. The second-order valence-corrected chi connectivity index (χ2v) is 11.6. The fourth-order valence-corrected chi connectivity index (χ4v) is 8.62. The van der Waals surface area contributed by atoms with E-state index in [1.807, 2.05) is 0 Å². The Bertz CT molecular complexity index is 874. The summed E-state index contributed by atoms with van der Waals surface area (Å²) < 4.78 is 42.2. The van der Waals surface area contributed by atoms with Crippen LogP contribution in [-0.2, 0) is 11.3 Å². The van der Waals surface area contributed by atoms with Gasteiger partial charge in [-0.3, -0.25) is 4.79 Å². The van der Waals surface area contributed by atoms with E-state index in [1.54, 1.807) is 17.1 Å². The van der Waals surface area contributed by atoms with E-state index in [2.05, 4.69) is 24.2 Å². The van der Waals surface area contributed by atoms with Gasteiger partial charge in [0.05, 0.1) is 6.20 Å². The zero-order valence-corrected chi connectivity index (χ0v) is 18.9. The summed E-state index contributed by atoms with van der Waals surface area (Å²) in [6, 6.07) is 0. The van der Waals surface area contributed by atoms with Gasteiger partial charge in [0, 0.05) is 12.1 Å². The summed E-state index contributed by atoms with van der Waals surface area (Å²) in [5.41, 5.74) is -2.71. The number of Topliss-reactive ketones (excluding diaryl/α,β-unsaturated/α-hetero) is 1. The van der Waals surface area contributed by atoms with Crippen LogP contribution < -0.4 is 0 Å². The van der Waals surface area contributed by atoms with Crippen molar-refractivity contribution >= 4 is 5.78 Å². The van der Waals surface area contributed by atoms with Crippen LogP contribution in [0.2, 0.25) is 0 Å². The zero-order valence-electron chi connectivity index (χ0n) is 18.9. The van der Waals surface area contributed by atoms with Gasteiger partial charge in [0.1, 0.15) is 6.54 Å². The Labute approximate surface area is 187 Å². The number of aromatic nitrogens is 3. The molecule has 1 aromatic heterocycles. The van der Waals surface area contributed by atoms with Gasteiger partial charge in [0.25, 0.3) is 0 Å². The van der Waals surface area contributed by atoms with E-state index < -0.39 is 11.8 Å². The Kier molecular flexibility index (Phi) is 5.08. The van der Waals surface area contributed by atoms with Crippen molar-refractivity contribution in [1.29, 1.82) is 0 Å². The highest BCUT2D eigenvalue weighted by Gasteiger charge is 2.65. The summed E-state index contributed by atoms with van der Waals surface area (Å²) in [5, 5.41) is 18.1. The molecular formula is C24H34F3N3O2. The predicted octanol–water partition coefficient (Wildman–Crippen LogP) is 4.80. The lowest BCUT2D eigenvalue weighted by molar-refractivity contribution is -0.290. The first-order valence-corrected chi connectivity index (χ1v) is 12.1. The molecule has 5 rings (SSSR count). The van der Waals surface area contributed by atoms with Crippen LogP contribution in [0.25, 0.3) is 0 Å². The third kappa shape index (κ3) is 3.18. The van der Waals surface area contributed by atoms with Gasteiger partial charge < -0.3 is 5.11 Å². The van der Waals surface area contributed by atoms with E-state index in [0.717, 1.165) is 38.5 Å². The van der Waals surface area contributed by atoms with Crippen LogP contribution in [0.4, 0.5) is 13.2 Å². The molecule has 4 aliphatic carbocycles. The van der Waals surface area contributed by atoms with Crippen LogP contribution in [0, 0.1) is 40.4 Å². The van der Waals surface area contributed by atoms with E-state index in [1.165, 1.54) is 0 Å². The number of rotatable bonds is 3. The molecule has 32 heavy (non-hydrogen) atoms. The van der Waals surface area contributed by atoms with Crippen LogP contribution in [0.15, 0.2) is 12.4 Å². The molecule has 178 valence electrons. The average Bonchev–Trinajstić information content (AvgIpc) is 3.34. The third-order valence-corrected chi connectivity index (χ3v) is 10.4. The van der Waals surface area contributed by atoms with E-state index in [-0.39, 0.29) is 47.8 Å². The highest BCUT2D eigenvalue weighted by atomic mass is 19.4. The standard InChI is InChI=1S/C24H34F3N3O2/c1-21-9-10-23(32,24(25,26)27)13-15(21)3-4-16-17-5-6-19(22(17,2)8-7-18(16)21)20(31)14-30-12-11-28-29-30/h11-12,15-19,32H,3-10,13-14H2,1-2H3/t15?,16-,17-,18-,19+,21-,22-,23?/m0/s1. The molecule has 0 amide bonds. The van der Waals surface area contributed by atoms with Crippen molar-refractivity contribution in [1.82, 2.24) is 15.0 Å². The summed E-state index contributed by atoms with van der Waals surface area (Å²) in [6.45, 7) is 4.73. The van der Waals surface area contributed by atoms with Gasteiger partial charge in [-0.2, -0.15) is 13.2 Å². The number of ketones is 1. The second kappa shape index (κ2) is 7.28. The summed E-state index contributed by atoms with van der Waals surface area (Å²) in [6.07, 6.45) is 4.36. The Morgan fingerprint density at radius 1 is 1.06 bits per heavy atom. The Hall–Kier alpha value is -1.44. The Morgan fingerprint density at radius 3 is 2.50 bits per heavy atom. The maximum absolute atomic E-state index is 13.5. The molecule has 0 bridgehead atoms. The lowest BCUT2D eigenvalue weighted by Gasteiger charge is -2.62. The van der Waals surface area contributed by atoms with Gasteiger partial charge in [0.2, 0.25) is 0 Å². The van der Waals surface area contributed by atoms with Gasteiger partial charge in [-0.25, -0.2) is 4.68 Å². The van der Waals surface area contributed by atoms with Crippen LogP contribution in [-0.4, -0.2) is 37.7 Å². The van der Waals surface area contributed by atoms with Gasteiger partial charge in [-0.1, -0.05) is 19.1 Å². The molecule has 8 atom stereocenters. The number of halogens is 3. The molecule has 0 saturated heterocycles. The van der Waals surface area contributed by atoms with Gasteiger partial charge in [0.15, 0.2) is 11.4 Å². The molecule has 0 aliphatic heterocycles. The van der Waals surface area contributed by atoms with E-state index in [9.17, 15) is 23.1 Å². The first-order chi connectivity index (χ1) is 15.0. The highest BCUT2D eigenvalue weighted by molar-refractivity contribution is 5.82. The molecular weight excluding hydrogens is 419 g/mol. The quantitative estimate of drug-likeness (QED) is 0.714. The molecule has 1 aromatic rings. The van der Waals surface area contributed by atoms with Crippen molar-refractivity contribution in [2.75, 3.05) is 0 Å². The maximum Gasteiger partial charge on any atom is 0.417 e. The Balaban J connectivity index is 1.34. The SMILES string of the molecule is C[C@]12CC[C@H]3[C@@H](CCC4CC(O)(C(F)(F)F)CC[C@@]43C)[C@@H]1CC[C@@H]2C(=O)Cn1ccnn1. The lowest BCUT2D eigenvalue weighted by Crippen LogP contribution is -2.59. The first kappa shape index (κ1) is 22.4. The molecule has 4 saturated carbocycles. The normalized spacial score (nSPS) is 46.2.